The van der Waals surface area contributed by atoms with Gasteiger partial charge in [0.1, 0.15) is 0 Å². The van der Waals surface area contributed by atoms with Gasteiger partial charge < -0.3 is 0 Å². The molecule has 0 amide bonds. The molecule has 1 unspecified atom stereocenters. The van der Waals surface area contributed by atoms with Crippen molar-refractivity contribution in [2.45, 2.75) is 25.7 Å². The van der Waals surface area contributed by atoms with Gasteiger partial charge >= 0.3 is 0 Å². The zero-order valence-electron chi connectivity index (χ0n) is 8.48. The van der Waals surface area contributed by atoms with Crippen molar-refractivity contribution in [3.63, 3.8) is 0 Å². The van der Waals surface area contributed by atoms with Gasteiger partial charge in [-0.3, -0.25) is 4.28 Å². The summed E-state index contributed by atoms with van der Waals surface area (Å²) in [6.45, 7) is 5.54. The van der Waals surface area contributed by atoms with Crippen LogP contribution in [0.1, 0.15) is 19.4 Å². The van der Waals surface area contributed by atoms with Crippen LogP contribution in [0.5, 0.6) is 0 Å². The molecule has 0 saturated heterocycles. The number of hydrogen-bond acceptors (Lipinski definition) is 3. The van der Waals surface area contributed by atoms with Crippen LogP contribution in [0, 0.1) is 6.92 Å². The van der Waals surface area contributed by atoms with Gasteiger partial charge in [-0.15, -0.1) is 0 Å². The third-order valence-electron chi connectivity index (χ3n) is 1.50. The van der Waals surface area contributed by atoms with E-state index in [1.807, 2.05) is 19.1 Å². The molecule has 0 radical (unpaired) electrons. The smallest absolute Gasteiger partial charge is 0.265 e. The van der Waals surface area contributed by atoms with E-state index in [1.165, 1.54) is 0 Å². The lowest BCUT2D eigenvalue weighted by Gasteiger charge is -1.99. The molecule has 0 aromatic heterocycles. The van der Waals surface area contributed by atoms with Gasteiger partial charge in [-0.25, -0.2) is 4.21 Å². The molecular formula is C10H13NO2S. The van der Waals surface area contributed by atoms with Crippen molar-refractivity contribution in [3.8, 4) is 0 Å². The molecule has 1 aromatic carbocycles. The molecule has 14 heavy (non-hydrogen) atoms. The molecular weight excluding hydrogens is 198 g/mol. The fourth-order valence-corrected chi connectivity index (χ4v) is 1.46. The highest BCUT2D eigenvalue weighted by atomic mass is 32.2. The number of benzene rings is 1. The number of nitrogens with zero attached hydrogens (tertiary/aromatic N) is 1. The predicted octanol–water partition coefficient (Wildman–Crippen LogP) is 2.43. The van der Waals surface area contributed by atoms with Crippen molar-refractivity contribution in [1.29, 1.82) is 0 Å². The second-order valence-corrected chi connectivity index (χ2v) is 4.25. The molecule has 0 aliphatic rings. The zero-order chi connectivity index (χ0) is 10.6. The van der Waals surface area contributed by atoms with Gasteiger partial charge in [0.25, 0.3) is 11.1 Å². The monoisotopic (exact) mass is 211 g/mol. The number of aryl methyl sites for hydroxylation is 1. The van der Waals surface area contributed by atoms with Crippen LogP contribution in [-0.4, -0.2) is 9.92 Å². The predicted molar refractivity (Wildman–Crippen MR) is 57.5 cm³/mol. The average molecular weight is 211 g/mol. The minimum absolute atomic E-state index is 0.626. The quantitative estimate of drug-likeness (QED) is 0.569. The molecule has 3 nitrogen and oxygen atoms in total. The minimum atomic E-state index is -1.50. The first kappa shape index (κ1) is 10.9. The lowest BCUT2D eigenvalue weighted by Crippen LogP contribution is -1.94. The van der Waals surface area contributed by atoms with Crippen LogP contribution in [0.3, 0.4) is 0 Å². The summed E-state index contributed by atoms with van der Waals surface area (Å²) in [5.41, 5.74) is 1.87. The third kappa shape index (κ3) is 3.30. The van der Waals surface area contributed by atoms with Crippen LogP contribution in [-0.2, 0) is 15.4 Å². The van der Waals surface area contributed by atoms with Crippen LogP contribution in [0.4, 0.5) is 0 Å². The summed E-state index contributed by atoms with van der Waals surface area (Å²) >= 11 is -1.50. The first-order chi connectivity index (χ1) is 6.59. The molecule has 0 heterocycles. The largest absolute Gasteiger partial charge is 0.287 e. The van der Waals surface area contributed by atoms with Gasteiger partial charge in [0.15, 0.2) is 0 Å². The molecule has 76 valence electrons. The standard InChI is InChI=1S/C10H13NO2S/c1-8(2)11-13-14(12)10-6-4-9(3)5-7-10/h4-7H,1-3H3. The SMILES string of the molecule is CC(C)=NOS(=O)c1ccc(C)cc1. The Morgan fingerprint density at radius 3 is 2.36 bits per heavy atom. The highest BCUT2D eigenvalue weighted by Gasteiger charge is 2.03. The van der Waals surface area contributed by atoms with Gasteiger partial charge in [-0.1, -0.05) is 22.9 Å². The summed E-state index contributed by atoms with van der Waals surface area (Å²) in [5.74, 6) is 0. The Balaban J connectivity index is 2.70. The second-order valence-electron chi connectivity index (χ2n) is 3.16. The Bertz CT molecular complexity index is 353. The first-order valence-electron chi connectivity index (χ1n) is 4.27. The van der Waals surface area contributed by atoms with E-state index in [2.05, 4.69) is 5.16 Å². The van der Waals surface area contributed by atoms with Crippen molar-refractivity contribution in [2.75, 3.05) is 0 Å². The number of oxime groups is 1. The van der Waals surface area contributed by atoms with Gasteiger partial charge in [0.2, 0.25) is 0 Å². The van der Waals surface area contributed by atoms with E-state index < -0.39 is 11.1 Å². The molecule has 4 heteroatoms. The van der Waals surface area contributed by atoms with Crippen molar-refractivity contribution >= 4 is 16.8 Å². The molecule has 1 rings (SSSR count). The Morgan fingerprint density at radius 2 is 1.86 bits per heavy atom. The molecule has 0 N–H and O–H groups in total. The van der Waals surface area contributed by atoms with Crippen LogP contribution in [0.2, 0.25) is 0 Å². The molecule has 0 aliphatic heterocycles. The van der Waals surface area contributed by atoms with E-state index in [0.29, 0.717) is 4.90 Å². The Kier molecular flexibility index (Phi) is 3.83. The van der Waals surface area contributed by atoms with Gasteiger partial charge in [0, 0.05) is 0 Å². The third-order valence-corrected chi connectivity index (χ3v) is 2.37. The van der Waals surface area contributed by atoms with Gasteiger partial charge in [0.05, 0.1) is 10.6 Å². The van der Waals surface area contributed by atoms with Crippen LogP contribution in [0.15, 0.2) is 34.3 Å². The van der Waals surface area contributed by atoms with E-state index in [-0.39, 0.29) is 0 Å². The summed E-state index contributed by atoms with van der Waals surface area (Å²) in [7, 11) is 0. The fraction of sp³-hybridized carbons (Fsp3) is 0.300. The highest BCUT2D eigenvalue weighted by molar-refractivity contribution is 7.80. The van der Waals surface area contributed by atoms with Crippen LogP contribution < -0.4 is 0 Å². The maximum atomic E-state index is 11.4. The van der Waals surface area contributed by atoms with Crippen LogP contribution >= 0.6 is 0 Å². The Hall–Kier alpha value is -1.16. The summed E-state index contributed by atoms with van der Waals surface area (Å²) in [6.07, 6.45) is 0. The lowest BCUT2D eigenvalue weighted by molar-refractivity contribution is 0.373. The minimum Gasteiger partial charge on any atom is -0.287 e. The molecule has 0 fully saturated rings. The molecule has 0 saturated carbocycles. The van der Waals surface area contributed by atoms with Crippen molar-refractivity contribution in [1.82, 2.24) is 0 Å². The molecule has 0 spiro atoms. The Labute approximate surface area is 86.4 Å². The van der Waals surface area contributed by atoms with Crippen molar-refractivity contribution < 1.29 is 8.49 Å². The summed E-state index contributed by atoms with van der Waals surface area (Å²) in [6, 6.07) is 7.32. The van der Waals surface area contributed by atoms with Gasteiger partial charge in [-0.2, -0.15) is 0 Å². The molecule has 1 aromatic rings. The average Bonchev–Trinajstić information content (AvgIpc) is 2.15. The molecule has 0 aliphatic carbocycles. The molecule has 1 atom stereocenters. The van der Waals surface area contributed by atoms with E-state index >= 15 is 0 Å². The van der Waals surface area contributed by atoms with E-state index in [9.17, 15) is 4.21 Å². The van der Waals surface area contributed by atoms with E-state index in [4.69, 9.17) is 4.28 Å². The summed E-state index contributed by atoms with van der Waals surface area (Å²) in [4.78, 5) is 0.626. The highest BCUT2D eigenvalue weighted by Crippen LogP contribution is 2.09. The van der Waals surface area contributed by atoms with Crippen molar-refractivity contribution in [3.05, 3.63) is 29.8 Å². The Morgan fingerprint density at radius 1 is 1.29 bits per heavy atom. The zero-order valence-corrected chi connectivity index (χ0v) is 9.30. The lowest BCUT2D eigenvalue weighted by atomic mass is 10.2. The van der Waals surface area contributed by atoms with Crippen molar-refractivity contribution in [2.24, 2.45) is 5.16 Å². The van der Waals surface area contributed by atoms with E-state index in [1.54, 1.807) is 26.0 Å². The molecule has 0 bridgehead atoms. The second kappa shape index (κ2) is 4.91. The van der Waals surface area contributed by atoms with Gasteiger partial charge in [-0.05, 0) is 32.9 Å². The summed E-state index contributed by atoms with van der Waals surface area (Å²) < 4.78 is 16.2. The normalized spacial score (nSPS) is 11.9. The summed E-state index contributed by atoms with van der Waals surface area (Å²) in [5, 5.41) is 3.64. The number of hydrogen-bond donors (Lipinski definition) is 0. The fourth-order valence-electron chi connectivity index (χ4n) is 0.801. The van der Waals surface area contributed by atoms with E-state index in [0.717, 1.165) is 11.3 Å². The first-order valence-corrected chi connectivity index (χ1v) is 5.34. The maximum Gasteiger partial charge on any atom is 0.265 e. The topological polar surface area (TPSA) is 38.7 Å². The maximum absolute atomic E-state index is 11.4. The van der Waals surface area contributed by atoms with Crippen LogP contribution in [0.25, 0.3) is 0 Å². The number of rotatable bonds is 3.